The van der Waals surface area contributed by atoms with Crippen LogP contribution in [0.1, 0.15) is 26.7 Å². The lowest BCUT2D eigenvalue weighted by Crippen LogP contribution is -2.10. The molecule has 0 fully saturated rings. The van der Waals surface area contributed by atoms with Crippen molar-refractivity contribution in [2.75, 3.05) is 13.2 Å². The average molecular weight is 173 g/mol. The van der Waals surface area contributed by atoms with Crippen LogP contribution in [0.2, 0.25) is 0 Å². The van der Waals surface area contributed by atoms with E-state index in [-0.39, 0.29) is 0 Å². The molecule has 71 valence electrons. The van der Waals surface area contributed by atoms with Gasteiger partial charge in [-0.3, -0.25) is 0 Å². The number of ether oxygens (including phenoxy) is 2. The van der Waals surface area contributed by atoms with Crippen LogP contribution in [0.4, 0.5) is 4.79 Å². The average Bonchev–Trinajstić information content (AvgIpc) is 2.00. The summed E-state index contributed by atoms with van der Waals surface area (Å²) >= 11 is 0. The van der Waals surface area contributed by atoms with Crippen molar-refractivity contribution in [3.8, 4) is 0 Å². The first kappa shape index (κ1) is 11.3. The first-order chi connectivity index (χ1) is 5.66. The number of rotatable bonds is 5. The summed E-state index contributed by atoms with van der Waals surface area (Å²) in [6.07, 6.45) is 0.873. The molecule has 0 aromatic carbocycles. The largest absolute Gasteiger partial charge is 0.508 e. The molecule has 0 amide bonds. The van der Waals surface area contributed by atoms with E-state index in [9.17, 15) is 4.79 Å². The molecule has 0 aliphatic heterocycles. The molecule has 12 heavy (non-hydrogen) atoms. The van der Waals surface area contributed by atoms with Crippen LogP contribution in [-0.4, -0.2) is 19.4 Å². The fraction of sp³-hybridized carbons (Fsp3) is 0.778. The lowest BCUT2D eigenvalue weighted by Gasteiger charge is -2.06. The molecule has 0 bridgehead atoms. The highest BCUT2D eigenvalue weighted by atomic mass is 16.7. The van der Waals surface area contributed by atoms with Crippen molar-refractivity contribution in [3.63, 3.8) is 0 Å². The Labute approximate surface area is 74.0 Å². The summed E-state index contributed by atoms with van der Waals surface area (Å²) in [6, 6.07) is 0. The molecule has 0 spiro atoms. The second kappa shape index (κ2) is 6.95. The van der Waals surface area contributed by atoms with E-state index in [1.165, 1.54) is 0 Å². The third-order valence-corrected chi connectivity index (χ3v) is 1.28. The molecule has 0 rings (SSSR count). The summed E-state index contributed by atoms with van der Waals surface area (Å²) in [7, 11) is 0. The van der Waals surface area contributed by atoms with Gasteiger partial charge >= 0.3 is 6.16 Å². The van der Waals surface area contributed by atoms with E-state index >= 15 is 0 Å². The molecule has 0 heterocycles. The quantitative estimate of drug-likeness (QED) is 0.599. The van der Waals surface area contributed by atoms with Crippen molar-refractivity contribution in [1.82, 2.24) is 0 Å². The molecule has 0 aromatic rings. The monoisotopic (exact) mass is 173 g/mol. The van der Waals surface area contributed by atoms with Gasteiger partial charge in [-0.15, -0.1) is 0 Å². The Morgan fingerprint density at radius 3 is 2.42 bits per heavy atom. The summed E-state index contributed by atoms with van der Waals surface area (Å²) in [6.45, 7) is 8.45. The van der Waals surface area contributed by atoms with Crippen LogP contribution in [0.15, 0.2) is 0 Å². The van der Waals surface area contributed by atoms with Crippen LogP contribution in [0.5, 0.6) is 0 Å². The van der Waals surface area contributed by atoms with Gasteiger partial charge in [-0.05, 0) is 25.7 Å². The van der Waals surface area contributed by atoms with Crippen molar-refractivity contribution in [1.29, 1.82) is 0 Å². The van der Waals surface area contributed by atoms with E-state index in [0.717, 1.165) is 6.42 Å². The molecule has 0 saturated carbocycles. The van der Waals surface area contributed by atoms with Gasteiger partial charge in [-0.25, -0.2) is 4.79 Å². The van der Waals surface area contributed by atoms with E-state index in [1.807, 2.05) is 0 Å². The molecular formula is C9H17O3. The summed E-state index contributed by atoms with van der Waals surface area (Å²) in [5.41, 5.74) is 0. The fourth-order valence-electron chi connectivity index (χ4n) is 0.575. The van der Waals surface area contributed by atoms with E-state index in [1.54, 1.807) is 0 Å². The Balaban J connectivity index is 3.20. The van der Waals surface area contributed by atoms with Crippen LogP contribution in [0.25, 0.3) is 0 Å². The summed E-state index contributed by atoms with van der Waals surface area (Å²) in [5, 5.41) is 0. The highest BCUT2D eigenvalue weighted by Gasteiger charge is 2.02. The fourth-order valence-corrected chi connectivity index (χ4v) is 0.575. The maximum absolute atomic E-state index is 10.7. The van der Waals surface area contributed by atoms with Crippen LogP contribution >= 0.6 is 0 Å². The minimum Gasteiger partial charge on any atom is -0.434 e. The number of hydrogen-bond donors (Lipinski definition) is 0. The van der Waals surface area contributed by atoms with Crippen molar-refractivity contribution in [3.05, 3.63) is 6.92 Å². The smallest absolute Gasteiger partial charge is 0.434 e. The third-order valence-electron chi connectivity index (χ3n) is 1.28. The Hall–Kier alpha value is -0.730. The van der Waals surface area contributed by atoms with Gasteiger partial charge in [-0.2, -0.15) is 0 Å². The summed E-state index contributed by atoms with van der Waals surface area (Å²) in [5.74, 6) is 0.547. The molecular weight excluding hydrogens is 156 g/mol. The van der Waals surface area contributed by atoms with Crippen molar-refractivity contribution >= 4 is 6.16 Å². The maximum atomic E-state index is 10.7. The second-order valence-corrected chi connectivity index (χ2v) is 2.98. The zero-order valence-electron chi connectivity index (χ0n) is 7.84. The molecule has 1 radical (unpaired) electrons. The van der Waals surface area contributed by atoms with E-state index in [4.69, 9.17) is 4.74 Å². The van der Waals surface area contributed by atoms with E-state index < -0.39 is 6.16 Å². The normalized spacial score (nSPS) is 10.0. The summed E-state index contributed by atoms with van der Waals surface area (Å²) in [4.78, 5) is 10.7. The predicted molar refractivity (Wildman–Crippen MR) is 46.7 cm³/mol. The lowest BCUT2D eigenvalue weighted by molar-refractivity contribution is 0.0535. The molecule has 0 N–H and O–H groups in total. The number of hydrogen-bond acceptors (Lipinski definition) is 3. The van der Waals surface area contributed by atoms with Gasteiger partial charge in [0.05, 0.1) is 13.2 Å². The standard InChI is InChI=1S/C9H17O3/c1-4-6-11-9(10)12-7-5-8(2)3/h8H,1,4-7H2,2-3H3. The molecule has 0 aliphatic carbocycles. The Morgan fingerprint density at radius 1 is 1.33 bits per heavy atom. The molecule has 3 heteroatoms. The zero-order chi connectivity index (χ0) is 9.40. The maximum Gasteiger partial charge on any atom is 0.508 e. The Morgan fingerprint density at radius 2 is 1.92 bits per heavy atom. The van der Waals surface area contributed by atoms with Gasteiger partial charge in [0.2, 0.25) is 0 Å². The predicted octanol–water partition coefficient (Wildman–Crippen LogP) is 2.41. The Bertz CT molecular complexity index is 121. The molecule has 3 nitrogen and oxygen atoms in total. The topological polar surface area (TPSA) is 35.5 Å². The second-order valence-electron chi connectivity index (χ2n) is 2.98. The molecule has 0 unspecified atom stereocenters. The molecule has 0 aromatic heterocycles. The third kappa shape index (κ3) is 7.38. The minimum absolute atomic E-state index is 0.334. The van der Waals surface area contributed by atoms with Crippen molar-refractivity contribution in [2.45, 2.75) is 26.7 Å². The molecule has 0 aliphatic rings. The SMILES string of the molecule is [CH2]CCOC(=O)OCCC(C)C. The lowest BCUT2D eigenvalue weighted by atomic mass is 10.1. The van der Waals surface area contributed by atoms with Crippen molar-refractivity contribution in [2.24, 2.45) is 5.92 Å². The van der Waals surface area contributed by atoms with Crippen LogP contribution in [-0.2, 0) is 9.47 Å². The van der Waals surface area contributed by atoms with Crippen LogP contribution in [0.3, 0.4) is 0 Å². The Kier molecular flexibility index (Phi) is 6.53. The molecule has 0 atom stereocenters. The first-order valence-corrected chi connectivity index (χ1v) is 4.25. The van der Waals surface area contributed by atoms with Crippen molar-refractivity contribution < 1.29 is 14.3 Å². The van der Waals surface area contributed by atoms with Crippen LogP contribution < -0.4 is 0 Å². The minimum atomic E-state index is -0.584. The van der Waals surface area contributed by atoms with Gasteiger partial charge in [0, 0.05) is 0 Å². The zero-order valence-corrected chi connectivity index (χ0v) is 7.84. The van der Waals surface area contributed by atoms with Gasteiger partial charge in [0.25, 0.3) is 0 Å². The number of carbonyl (C=O) groups is 1. The van der Waals surface area contributed by atoms with Gasteiger partial charge in [0.15, 0.2) is 0 Å². The van der Waals surface area contributed by atoms with Gasteiger partial charge in [-0.1, -0.05) is 13.8 Å². The first-order valence-electron chi connectivity index (χ1n) is 4.25. The molecule has 0 saturated heterocycles. The summed E-state index contributed by atoms with van der Waals surface area (Å²) < 4.78 is 9.42. The van der Waals surface area contributed by atoms with E-state index in [2.05, 4.69) is 25.5 Å². The highest BCUT2D eigenvalue weighted by Crippen LogP contribution is 1.99. The number of carbonyl (C=O) groups excluding carboxylic acids is 1. The van der Waals surface area contributed by atoms with Gasteiger partial charge in [0.1, 0.15) is 0 Å². The van der Waals surface area contributed by atoms with E-state index in [0.29, 0.717) is 25.6 Å². The van der Waals surface area contributed by atoms with Gasteiger partial charge < -0.3 is 9.47 Å². The van der Waals surface area contributed by atoms with Crippen LogP contribution in [0, 0.1) is 12.8 Å². The highest BCUT2D eigenvalue weighted by molar-refractivity contribution is 5.59.